The molecule has 0 radical (unpaired) electrons. The summed E-state index contributed by atoms with van der Waals surface area (Å²) in [4.78, 5) is 0. The summed E-state index contributed by atoms with van der Waals surface area (Å²) >= 11 is 3.54. The summed E-state index contributed by atoms with van der Waals surface area (Å²) in [5, 5.41) is 11.1. The van der Waals surface area contributed by atoms with E-state index in [0.717, 1.165) is 11.1 Å². The Morgan fingerprint density at radius 1 is 0.344 bits per heavy atom. The minimum atomic E-state index is -1.02. The van der Waals surface area contributed by atoms with E-state index in [1.54, 1.807) is 22.7 Å². The normalized spacial score (nSPS) is 13.8. The molecular weight excluding hydrogens is 1220 g/mol. The number of thiophene rings is 2. The van der Waals surface area contributed by atoms with Crippen LogP contribution in [0.4, 0.5) is 0 Å². The number of rotatable bonds is 6. The smallest absolute Gasteiger partial charge is 0.366 e. The van der Waals surface area contributed by atoms with Crippen molar-refractivity contribution in [3.05, 3.63) is 255 Å². The third-order valence-electron chi connectivity index (χ3n) is 11.2. The minimum Gasteiger partial charge on any atom is -0.366 e. The van der Waals surface area contributed by atoms with Crippen LogP contribution in [0.1, 0.15) is 11.1 Å². The van der Waals surface area contributed by atoms with E-state index in [4.69, 9.17) is 12.8 Å². The number of allylic oxidation sites excluding steroid dienone is 4. The molecule has 316 valence electrons. The van der Waals surface area contributed by atoms with Crippen LogP contribution in [0.25, 0.3) is 40.3 Å². The molecule has 0 N–H and O–H groups in total. The van der Waals surface area contributed by atoms with E-state index in [1.807, 2.05) is 24.3 Å². The molecule has 64 heavy (non-hydrogen) atoms. The first-order valence-electron chi connectivity index (χ1n) is 20.7. The maximum absolute atomic E-state index is 7.11. The zero-order valence-electron chi connectivity index (χ0n) is 34.5. The number of hydrogen-bond donors (Lipinski definition) is 0. The summed E-state index contributed by atoms with van der Waals surface area (Å²) in [6.07, 6.45) is 23.7. The first-order valence-corrected chi connectivity index (χ1v) is 25.5. The van der Waals surface area contributed by atoms with Gasteiger partial charge in [0.2, 0.25) is 0 Å². The van der Waals surface area contributed by atoms with Crippen LogP contribution >= 0.6 is 38.5 Å². The second kappa shape index (κ2) is 22.9. The Bertz CT molecular complexity index is 2940. The predicted octanol–water partition coefficient (Wildman–Crippen LogP) is 13.6. The molecule has 0 amide bonds. The fraction of sp³-hybridized carbons (Fsp3) is 0.0345. The molecule has 0 spiro atoms. The Kier molecular flexibility index (Phi) is 16.8. The van der Waals surface area contributed by atoms with Gasteiger partial charge in [-0.25, -0.2) is 0 Å². The van der Waals surface area contributed by atoms with Gasteiger partial charge in [-0.05, 0) is 83.6 Å². The Hall–Kier alpha value is -4.86. The molecule has 11 rings (SSSR count). The van der Waals surface area contributed by atoms with Gasteiger partial charge >= 0.3 is 44.8 Å². The molecule has 0 saturated heterocycles. The number of hydrogen-bond acceptors (Lipinski definition) is 2. The van der Waals surface area contributed by atoms with Crippen molar-refractivity contribution in [3.8, 4) is 11.8 Å². The van der Waals surface area contributed by atoms with Gasteiger partial charge in [-0.15, -0.1) is 58.1 Å². The summed E-state index contributed by atoms with van der Waals surface area (Å²) in [6.45, 7) is 0. The zero-order valence-corrected chi connectivity index (χ0v) is 42.5. The summed E-state index contributed by atoms with van der Waals surface area (Å²) in [7, 11) is -2.04. The molecule has 2 aromatic heterocycles. The van der Waals surface area contributed by atoms with Gasteiger partial charge in [-0.2, -0.15) is 0 Å². The molecule has 2 unspecified atom stereocenters. The standard InChI is InChI=1S/C30H26P2.2C14H7S.2Au/c1-5-15-25(16-6-1)31(26-17-7-2-8-18-26)29-23-13-14-24-30(29)32(27-19-9-3-10-20-27)28-21-11-4-12-22-28;2*1-2-10-7-8-12-11-5-3-4-6-13(11)15-14(12)9-10;;/h1-24,29-30H;2*3-9H;;/q;2*-1;2*+1/p+2. The van der Waals surface area contributed by atoms with E-state index in [-0.39, 0.29) is 44.8 Å². The molecule has 1 aliphatic rings. The van der Waals surface area contributed by atoms with Crippen molar-refractivity contribution in [1.82, 2.24) is 0 Å². The topological polar surface area (TPSA) is 0 Å². The molecule has 0 saturated carbocycles. The van der Waals surface area contributed by atoms with E-state index in [0.29, 0.717) is 11.3 Å². The predicted molar refractivity (Wildman–Crippen MR) is 278 cm³/mol. The van der Waals surface area contributed by atoms with Gasteiger partial charge in [0, 0.05) is 29.6 Å². The van der Waals surface area contributed by atoms with Gasteiger partial charge in [0.15, 0.2) is 0 Å². The summed E-state index contributed by atoms with van der Waals surface area (Å²) < 4.78 is 5.06. The monoisotopic (exact) mass is 1260 g/mol. The van der Waals surface area contributed by atoms with Crippen molar-refractivity contribution in [3.63, 3.8) is 0 Å². The molecule has 8 aromatic carbocycles. The zero-order chi connectivity index (χ0) is 42.1. The maximum atomic E-state index is 7.11. The molecule has 6 heteroatoms. The fourth-order valence-electron chi connectivity index (χ4n) is 8.34. The van der Waals surface area contributed by atoms with Gasteiger partial charge in [0.25, 0.3) is 0 Å². The van der Waals surface area contributed by atoms with Crippen molar-refractivity contribution < 1.29 is 44.8 Å². The Labute approximate surface area is 418 Å². The van der Waals surface area contributed by atoms with Crippen LogP contribution in [0.15, 0.2) is 231 Å². The van der Waals surface area contributed by atoms with Crippen LogP contribution in [0.5, 0.6) is 0 Å². The SMILES string of the molecule is C1=CC([PH+](c2ccccc2)c2ccccc2)C([PH+](c2ccccc2)c2ccccc2)C=C1.[Au+].[Au+].[C-]#Cc1ccc2c(c1)sc1ccccc12.[C-]#Cc1ccc2c(c1)sc1ccccc12. The van der Waals surface area contributed by atoms with Crippen LogP contribution in [0, 0.1) is 24.7 Å². The molecule has 1 aliphatic carbocycles. The summed E-state index contributed by atoms with van der Waals surface area (Å²) in [5.41, 5.74) is 2.66. The molecule has 0 nitrogen and oxygen atoms in total. The van der Waals surface area contributed by atoms with Crippen LogP contribution in [-0.2, 0) is 44.8 Å². The quantitative estimate of drug-likeness (QED) is 0.0674. The third-order valence-corrected chi connectivity index (χ3v) is 20.0. The van der Waals surface area contributed by atoms with Crippen LogP contribution in [-0.4, -0.2) is 11.3 Å². The summed E-state index contributed by atoms with van der Waals surface area (Å²) in [5.74, 6) is 4.84. The van der Waals surface area contributed by atoms with Crippen molar-refractivity contribution >= 4 is 100 Å². The van der Waals surface area contributed by atoms with Crippen molar-refractivity contribution in [2.45, 2.75) is 11.3 Å². The number of benzene rings is 8. The molecule has 0 bridgehead atoms. The third kappa shape index (κ3) is 10.6. The second-order valence-corrected chi connectivity index (χ2v) is 22.4. The Morgan fingerprint density at radius 3 is 0.969 bits per heavy atom. The second-order valence-electron chi connectivity index (χ2n) is 15.0. The van der Waals surface area contributed by atoms with E-state index in [9.17, 15) is 0 Å². The first kappa shape index (κ1) is 47.1. The largest absolute Gasteiger partial charge is 1.00 e. The molecule has 0 fully saturated rings. The van der Waals surface area contributed by atoms with E-state index >= 15 is 0 Å². The minimum absolute atomic E-state index is 0. The summed E-state index contributed by atoms with van der Waals surface area (Å²) in [6, 6.07) is 73.6. The number of fused-ring (bicyclic) bond motifs is 6. The first-order chi connectivity index (χ1) is 30.7. The Morgan fingerprint density at radius 2 is 0.641 bits per heavy atom. The van der Waals surface area contributed by atoms with E-state index in [1.165, 1.54) is 61.6 Å². The van der Waals surface area contributed by atoms with Gasteiger partial charge in [0.05, 0.1) is 37.1 Å². The molecular formula is C58H42Au2P2S2+2. The van der Waals surface area contributed by atoms with Gasteiger partial charge in [0.1, 0.15) is 11.3 Å². The Balaban J connectivity index is 0.000000159. The molecule has 2 atom stereocenters. The van der Waals surface area contributed by atoms with Gasteiger partial charge in [-0.3, -0.25) is 11.8 Å². The molecule has 0 aliphatic heterocycles. The van der Waals surface area contributed by atoms with Crippen molar-refractivity contribution in [2.75, 3.05) is 0 Å². The van der Waals surface area contributed by atoms with Crippen molar-refractivity contribution in [2.24, 2.45) is 0 Å². The van der Waals surface area contributed by atoms with Crippen LogP contribution in [0.2, 0.25) is 0 Å². The van der Waals surface area contributed by atoms with E-state index in [2.05, 4.69) is 218 Å². The van der Waals surface area contributed by atoms with E-state index < -0.39 is 15.8 Å². The molecule has 10 aromatic rings. The van der Waals surface area contributed by atoms with Gasteiger partial charge in [-0.1, -0.05) is 133 Å². The van der Waals surface area contributed by atoms with Crippen LogP contribution in [0.3, 0.4) is 0 Å². The fourth-order valence-corrected chi connectivity index (χ4v) is 17.6. The average molecular weight is 1260 g/mol. The van der Waals surface area contributed by atoms with Gasteiger partial charge < -0.3 is 12.8 Å². The average Bonchev–Trinajstić information content (AvgIpc) is 3.91. The maximum Gasteiger partial charge on any atom is 1.00 e. The van der Waals surface area contributed by atoms with Crippen LogP contribution < -0.4 is 21.2 Å². The molecule has 2 heterocycles. The van der Waals surface area contributed by atoms with Crippen molar-refractivity contribution in [1.29, 1.82) is 0 Å².